The molecule has 0 saturated heterocycles. The van der Waals surface area contributed by atoms with Gasteiger partial charge in [-0.05, 0) is 102 Å². The van der Waals surface area contributed by atoms with Gasteiger partial charge in [0.15, 0.2) is 0 Å². The van der Waals surface area contributed by atoms with Crippen LogP contribution in [0.3, 0.4) is 0 Å². The minimum absolute atomic E-state index is 0.220. The molecule has 0 heterocycles. The zero-order valence-electron chi connectivity index (χ0n) is 20.0. The van der Waals surface area contributed by atoms with Crippen LogP contribution in [0.25, 0.3) is 0 Å². The molecule has 4 nitrogen and oxygen atoms in total. The quantitative estimate of drug-likeness (QED) is 0.354. The number of ether oxygens (including phenoxy) is 2. The zero-order valence-corrected chi connectivity index (χ0v) is 20.0. The van der Waals surface area contributed by atoms with Gasteiger partial charge in [0.2, 0.25) is 0 Å². The van der Waals surface area contributed by atoms with E-state index in [1.54, 1.807) is 0 Å². The van der Waals surface area contributed by atoms with Gasteiger partial charge in [0, 0.05) is 0 Å². The third kappa shape index (κ3) is 4.94. The minimum atomic E-state index is -0.727. The lowest BCUT2D eigenvalue weighted by atomic mass is 9.58. The summed E-state index contributed by atoms with van der Waals surface area (Å²) in [6.45, 7) is 9.51. The van der Waals surface area contributed by atoms with E-state index in [9.17, 15) is 9.59 Å². The Balaban J connectivity index is 1.64. The Labute approximate surface area is 183 Å². The molecule has 4 heteroatoms. The van der Waals surface area contributed by atoms with E-state index in [1.165, 1.54) is 52.1 Å². The number of rotatable bonds is 8. The smallest absolute Gasteiger partial charge is 0.312 e. The molecular weight excluding hydrogens is 376 g/mol. The first-order valence-electron chi connectivity index (χ1n) is 12.0. The summed E-state index contributed by atoms with van der Waals surface area (Å²) in [5.41, 5.74) is -1.11. The average Bonchev–Trinajstić information content (AvgIpc) is 2.90. The highest BCUT2D eigenvalue weighted by molar-refractivity contribution is 5.80. The lowest BCUT2D eigenvalue weighted by Gasteiger charge is -2.47. The summed E-state index contributed by atoms with van der Waals surface area (Å²) >= 11 is 0. The second-order valence-electron chi connectivity index (χ2n) is 11.6. The van der Waals surface area contributed by atoms with Crippen molar-refractivity contribution >= 4 is 11.9 Å². The molecule has 4 aliphatic carbocycles. The summed E-state index contributed by atoms with van der Waals surface area (Å²) in [7, 11) is 1.39. The van der Waals surface area contributed by atoms with Crippen LogP contribution >= 0.6 is 0 Å². The summed E-state index contributed by atoms with van der Waals surface area (Å²) in [5.74, 6) is 2.17. The van der Waals surface area contributed by atoms with Crippen molar-refractivity contribution in [2.24, 2.45) is 34.0 Å². The van der Waals surface area contributed by atoms with Crippen LogP contribution in [0.5, 0.6) is 0 Å². The molecule has 0 amide bonds. The second-order valence-corrected chi connectivity index (χ2v) is 11.6. The molecule has 0 aromatic heterocycles. The van der Waals surface area contributed by atoms with Crippen LogP contribution in [0.2, 0.25) is 0 Å². The Morgan fingerprint density at radius 3 is 2.13 bits per heavy atom. The van der Waals surface area contributed by atoms with Crippen molar-refractivity contribution in [3.63, 3.8) is 0 Å². The first-order chi connectivity index (χ1) is 14.0. The van der Waals surface area contributed by atoms with E-state index < -0.39 is 10.8 Å². The monoisotopic (exact) mass is 418 g/mol. The molecule has 0 aromatic rings. The number of esters is 2. The molecule has 0 spiro atoms. The Morgan fingerprint density at radius 1 is 1.03 bits per heavy atom. The van der Waals surface area contributed by atoms with Crippen molar-refractivity contribution in [1.29, 1.82) is 0 Å². The van der Waals surface area contributed by atoms with E-state index in [4.69, 9.17) is 9.47 Å². The molecule has 4 saturated carbocycles. The molecular formula is C26H42O4. The van der Waals surface area contributed by atoms with Crippen LogP contribution in [0.15, 0.2) is 12.2 Å². The lowest BCUT2D eigenvalue weighted by Crippen LogP contribution is -2.39. The van der Waals surface area contributed by atoms with Crippen molar-refractivity contribution in [2.45, 2.75) is 98.5 Å². The summed E-state index contributed by atoms with van der Waals surface area (Å²) < 4.78 is 10.8. The predicted molar refractivity (Wildman–Crippen MR) is 119 cm³/mol. The molecule has 0 aliphatic heterocycles. The Morgan fingerprint density at radius 2 is 1.60 bits per heavy atom. The second kappa shape index (κ2) is 8.67. The number of fused-ring (bicyclic) bond motifs is 1. The molecule has 0 radical (unpaired) electrons. The number of allylic oxidation sites excluding steroid dienone is 1. The largest absolute Gasteiger partial charge is 0.469 e. The fraction of sp³-hybridized carbons (Fsp3) is 0.846. The molecule has 170 valence electrons. The summed E-state index contributed by atoms with van der Waals surface area (Å²) in [5, 5.41) is 0. The van der Waals surface area contributed by atoms with Gasteiger partial charge in [-0.15, -0.1) is 0 Å². The van der Waals surface area contributed by atoms with Crippen LogP contribution in [-0.2, 0) is 19.1 Å². The molecule has 4 fully saturated rings. The SMILES string of the molecule is CCC(C)(CC(C)(C)C(=O)OC)C(=O)OC(C)/C=C/C12CC3CCC(CC(C3)C1)C2. The van der Waals surface area contributed by atoms with E-state index in [1.807, 2.05) is 34.6 Å². The molecule has 4 bridgehead atoms. The van der Waals surface area contributed by atoms with Gasteiger partial charge in [0.1, 0.15) is 6.10 Å². The van der Waals surface area contributed by atoms with E-state index in [0.29, 0.717) is 18.3 Å². The van der Waals surface area contributed by atoms with Gasteiger partial charge in [-0.25, -0.2) is 0 Å². The standard InChI is InChI=1S/C26H42O4/c1-7-25(5,17-24(3,4)22(27)29-6)23(28)30-18(2)10-11-26-14-19-8-9-20(15-26)13-21(12-19)16-26/h10-11,18-21H,7-9,12-17H2,1-6H3/b11-10+. The summed E-state index contributed by atoms with van der Waals surface area (Å²) in [4.78, 5) is 25.2. The van der Waals surface area contributed by atoms with Gasteiger partial charge >= 0.3 is 11.9 Å². The summed E-state index contributed by atoms with van der Waals surface area (Å²) in [6.07, 6.45) is 15.0. The van der Waals surface area contributed by atoms with Gasteiger partial charge in [0.25, 0.3) is 0 Å². The van der Waals surface area contributed by atoms with Crippen LogP contribution < -0.4 is 0 Å². The maximum Gasteiger partial charge on any atom is 0.312 e. The average molecular weight is 419 g/mol. The maximum absolute atomic E-state index is 13.1. The van der Waals surface area contributed by atoms with Crippen molar-refractivity contribution in [1.82, 2.24) is 0 Å². The first kappa shape index (κ1) is 23.3. The lowest BCUT2D eigenvalue weighted by molar-refractivity contribution is -0.163. The van der Waals surface area contributed by atoms with Gasteiger partial charge in [-0.2, -0.15) is 0 Å². The van der Waals surface area contributed by atoms with E-state index in [-0.39, 0.29) is 18.0 Å². The van der Waals surface area contributed by atoms with Crippen LogP contribution in [0.4, 0.5) is 0 Å². The maximum atomic E-state index is 13.1. The molecule has 0 aromatic carbocycles. The molecule has 4 atom stereocenters. The van der Waals surface area contributed by atoms with Gasteiger partial charge in [-0.1, -0.05) is 25.8 Å². The van der Waals surface area contributed by atoms with Gasteiger partial charge in [0.05, 0.1) is 17.9 Å². The molecule has 4 aliphatic rings. The molecule has 4 unspecified atom stereocenters. The highest BCUT2D eigenvalue weighted by Crippen LogP contribution is 2.58. The van der Waals surface area contributed by atoms with Crippen LogP contribution in [0, 0.1) is 34.0 Å². The fourth-order valence-corrected chi connectivity index (χ4v) is 6.82. The number of carbonyl (C=O) groups excluding carboxylic acids is 2. The summed E-state index contributed by atoms with van der Waals surface area (Å²) in [6, 6.07) is 0. The third-order valence-corrected chi connectivity index (χ3v) is 8.26. The Bertz CT molecular complexity index is 663. The Kier molecular flexibility index (Phi) is 6.74. The van der Waals surface area contributed by atoms with Crippen molar-refractivity contribution in [3.8, 4) is 0 Å². The van der Waals surface area contributed by atoms with Crippen molar-refractivity contribution in [2.75, 3.05) is 7.11 Å². The molecule has 30 heavy (non-hydrogen) atoms. The highest BCUT2D eigenvalue weighted by Gasteiger charge is 2.47. The molecule has 4 rings (SSSR count). The van der Waals surface area contributed by atoms with Crippen LogP contribution in [0.1, 0.15) is 92.4 Å². The highest BCUT2D eigenvalue weighted by atomic mass is 16.5. The zero-order chi connectivity index (χ0) is 22.2. The van der Waals surface area contributed by atoms with Gasteiger partial charge in [-0.3, -0.25) is 9.59 Å². The number of hydrogen-bond donors (Lipinski definition) is 0. The number of hydrogen-bond acceptors (Lipinski definition) is 4. The van der Waals surface area contributed by atoms with E-state index in [0.717, 1.165) is 17.8 Å². The predicted octanol–water partition coefficient (Wildman–Crippen LogP) is 6.09. The molecule has 0 N–H and O–H groups in total. The minimum Gasteiger partial charge on any atom is -0.469 e. The van der Waals surface area contributed by atoms with Crippen molar-refractivity contribution in [3.05, 3.63) is 12.2 Å². The van der Waals surface area contributed by atoms with Gasteiger partial charge < -0.3 is 9.47 Å². The third-order valence-electron chi connectivity index (χ3n) is 8.26. The number of methoxy groups -OCH3 is 1. The fourth-order valence-electron chi connectivity index (χ4n) is 6.82. The van der Waals surface area contributed by atoms with Crippen LogP contribution in [-0.4, -0.2) is 25.2 Å². The number of carbonyl (C=O) groups is 2. The topological polar surface area (TPSA) is 52.6 Å². The van der Waals surface area contributed by atoms with E-state index >= 15 is 0 Å². The Hall–Kier alpha value is -1.32. The van der Waals surface area contributed by atoms with E-state index in [2.05, 4.69) is 12.2 Å². The first-order valence-corrected chi connectivity index (χ1v) is 12.0. The van der Waals surface area contributed by atoms with Crippen molar-refractivity contribution < 1.29 is 19.1 Å². The normalized spacial score (nSPS) is 33.7.